The summed E-state index contributed by atoms with van der Waals surface area (Å²) in [5.74, 6) is -1.85. The Morgan fingerprint density at radius 1 is 1.10 bits per heavy atom. The van der Waals surface area contributed by atoms with Gasteiger partial charge in [0.1, 0.15) is 11.6 Å². The van der Waals surface area contributed by atoms with E-state index in [-0.39, 0.29) is 42.1 Å². The fraction of sp³-hybridized carbons (Fsp3) is 0.394. The number of alkyl carbamates (subject to hydrolysis) is 1. The number of nitrogens with one attached hydrogen (secondary N) is 2. The van der Waals surface area contributed by atoms with Gasteiger partial charge in [0, 0.05) is 48.8 Å². The van der Waals surface area contributed by atoms with Gasteiger partial charge in [0.15, 0.2) is 0 Å². The number of likely N-dealkylation sites (tertiary alicyclic amines) is 1. The molecule has 4 rings (SSSR count). The molecule has 9 heteroatoms. The Bertz CT molecular complexity index is 1400. The van der Waals surface area contributed by atoms with Crippen molar-refractivity contribution in [3.8, 4) is 11.1 Å². The molecule has 0 aliphatic carbocycles. The average Bonchev–Trinajstić information content (AvgIpc) is 3.00. The number of rotatable bonds is 10. The average molecular weight is 580 g/mol. The third-order valence-corrected chi connectivity index (χ3v) is 8.03. The maximum atomic E-state index is 15.6. The molecule has 42 heavy (non-hydrogen) atoms. The highest BCUT2D eigenvalue weighted by Gasteiger charge is 2.43. The van der Waals surface area contributed by atoms with E-state index in [1.807, 2.05) is 19.2 Å². The highest BCUT2D eigenvalue weighted by molar-refractivity contribution is 5.94. The van der Waals surface area contributed by atoms with Crippen molar-refractivity contribution in [2.45, 2.75) is 44.8 Å². The number of hydrogen-bond acceptors (Lipinski definition) is 5. The molecule has 1 unspecified atom stereocenters. The fourth-order valence-corrected chi connectivity index (χ4v) is 5.87. The van der Waals surface area contributed by atoms with Gasteiger partial charge in [0.25, 0.3) is 5.91 Å². The number of piperidine rings is 1. The molecule has 1 fully saturated rings. The number of methoxy groups -OCH3 is 1. The number of aryl methyl sites for hydroxylation is 1. The largest absolute Gasteiger partial charge is 0.453 e. The van der Waals surface area contributed by atoms with Gasteiger partial charge in [0.2, 0.25) is 0 Å². The normalized spacial score (nSPS) is 16.5. The van der Waals surface area contributed by atoms with Crippen molar-refractivity contribution in [2.75, 3.05) is 33.8 Å². The summed E-state index contributed by atoms with van der Waals surface area (Å²) in [6.07, 6.45) is 1.11. The Balaban J connectivity index is 1.70. The molecule has 0 radical (unpaired) electrons. The summed E-state index contributed by atoms with van der Waals surface area (Å²) >= 11 is 0. The van der Waals surface area contributed by atoms with Gasteiger partial charge in [-0.2, -0.15) is 0 Å². The molecule has 1 aliphatic heterocycles. The van der Waals surface area contributed by atoms with E-state index in [1.165, 1.54) is 25.3 Å². The second kappa shape index (κ2) is 13.9. The van der Waals surface area contributed by atoms with E-state index in [0.717, 1.165) is 11.1 Å². The molecule has 2 amide bonds. The van der Waals surface area contributed by atoms with Gasteiger partial charge in [-0.05, 0) is 81.1 Å². The maximum absolute atomic E-state index is 15.6. The predicted octanol–water partition coefficient (Wildman–Crippen LogP) is 5.54. The first-order valence-corrected chi connectivity index (χ1v) is 14.3. The van der Waals surface area contributed by atoms with Gasteiger partial charge in [-0.15, -0.1) is 0 Å². The molecule has 224 valence electrons. The molecule has 3 aromatic carbocycles. The van der Waals surface area contributed by atoms with Gasteiger partial charge in [0.05, 0.1) is 12.7 Å². The SMILES string of the molecule is CNCc1ccc(C(=O)N2CCC[C@@H](C(O)(CCCNC(=O)OC)c3cccc(F)c3-c3cc(C)ccc3F)C2)cc1. The standard InChI is InChI=1S/C33H39F2N3O4/c1-22-10-15-28(34)26(19-22)30-27(8-4-9-29(30)35)33(41,16-6-17-37-32(40)42-3)25-7-5-18-38(21-25)31(39)24-13-11-23(12-14-24)20-36-2/h4,8-15,19,25,36,41H,5-7,16-18,20-21H2,1-3H3,(H,37,40)/t25-,33?/m1/s1. The van der Waals surface area contributed by atoms with E-state index in [0.29, 0.717) is 37.9 Å². The Morgan fingerprint density at radius 3 is 2.57 bits per heavy atom. The van der Waals surface area contributed by atoms with Crippen LogP contribution in [-0.4, -0.2) is 55.8 Å². The van der Waals surface area contributed by atoms with E-state index >= 15 is 8.78 Å². The highest BCUT2D eigenvalue weighted by atomic mass is 19.1. The van der Waals surface area contributed by atoms with Crippen LogP contribution in [0.5, 0.6) is 0 Å². The summed E-state index contributed by atoms with van der Waals surface area (Å²) in [6, 6.07) is 16.3. The quantitative estimate of drug-likeness (QED) is 0.275. The summed E-state index contributed by atoms with van der Waals surface area (Å²) in [6.45, 7) is 3.47. The zero-order valence-corrected chi connectivity index (χ0v) is 24.4. The molecular formula is C33H39F2N3O4. The van der Waals surface area contributed by atoms with E-state index in [4.69, 9.17) is 0 Å². The molecule has 0 bridgehead atoms. The number of amides is 2. The zero-order valence-electron chi connectivity index (χ0n) is 24.4. The van der Waals surface area contributed by atoms with Crippen LogP contribution in [0, 0.1) is 24.5 Å². The lowest BCUT2D eigenvalue weighted by molar-refractivity contribution is -0.0564. The second-order valence-electron chi connectivity index (χ2n) is 10.9. The minimum absolute atomic E-state index is 0.00528. The number of nitrogens with zero attached hydrogens (tertiary/aromatic N) is 1. The molecule has 0 saturated carbocycles. The number of carbonyl (C=O) groups excluding carboxylic acids is 2. The lowest BCUT2D eigenvalue weighted by Crippen LogP contribution is -2.48. The predicted molar refractivity (Wildman–Crippen MR) is 158 cm³/mol. The van der Waals surface area contributed by atoms with Crippen molar-refractivity contribution < 1.29 is 28.2 Å². The van der Waals surface area contributed by atoms with Gasteiger partial charge in [-0.1, -0.05) is 35.9 Å². The summed E-state index contributed by atoms with van der Waals surface area (Å²) in [5, 5.41) is 18.3. The summed E-state index contributed by atoms with van der Waals surface area (Å²) in [5.41, 5.74) is 1.07. The Morgan fingerprint density at radius 2 is 1.86 bits per heavy atom. The lowest BCUT2D eigenvalue weighted by atomic mass is 9.72. The van der Waals surface area contributed by atoms with Crippen molar-refractivity contribution in [3.05, 3.63) is 94.6 Å². The molecule has 0 aromatic heterocycles. The number of ether oxygens (including phenoxy) is 1. The molecule has 2 atom stereocenters. The molecule has 1 saturated heterocycles. The third kappa shape index (κ3) is 6.97. The summed E-state index contributed by atoms with van der Waals surface area (Å²) in [4.78, 5) is 26.9. The maximum Gasteiger partial charge on any atom is 0.406 e. The molecule has 3 N–H and O–H groups in total. The van der Waals surface area contributed by atoms with Crippen molar-refractivity contribution in [2.24, 2.45) is 5.92 Å². The second-order valence-corrected chi connectivity index (χ2v) is 10.9. The monoisotopic (exact) mass is 579 g/mol. The molecule has 0 spiro atoms. The first kappa shape index (κ1) is 31.1. The molecule has 3 aromatic rings. The lowest BCUT2D eigenvalue weighted by Gasteiger charge is -2.43. The molecular weight excluding hydrogens is 540 g/mol. The first-order chi connectivity index (χ1) is 20.2. The minimum Gasteiger partial charge on any atom is -0.453 e. The number of carbonyl (C=O) groups is 2. The number of benzene rings is 3. The van der Waals surface area contributed by atoms with Gasteiger partial charge in [-0.3, -0.25) is 4.79 Å². The number of aliphatic hydroxyl groups is 1. The first-order valence-electron chi connectivity index (χ1n) is 14.3. The van der Waals surface area contributed by atoms with E-state index in [1.54, 1.807) is 42.2 Å². The van der Waals surface area contributed by atoms with Crippen LogP contribution >= 0.6 is 0 Å². The van der Waals surface area contributed by atoms with Crippen LogP contribution in [0.15, 0.2) is 60.7 Å². The van der Waals surface area contributed by atoms with Crippen molar-refractivity contribution in [3.63, 3.8) is 0 Å². The van der Waals surface area contributed by atoms with Gasteiger partial charge in [-0.25, -0.2) is 13.6 Å². The molecule has 1 aliphatic rings. The Kier molecular flexibility index (Phi) is 10.3. The van der Waals surface area contributed by atoms with Crippen molar-refractivity contribution in [1.29, 1.82) is 0 Å². The molecule has 7 nitrogen and oxygen atoms in total. The topological polar surface area (TPSA) is 90.9 Å². The van der Waals surface area contributed by atoms with Crippen LogP contribution in [0.4, 0.5) is 13.6 Å². The smallest absolute Gasteiger partial charge is 0.406 e. The van der Waals surface area contributed by atoms with Crippen LogP contribution in [0.1, 0.15) is 52.7 Å². The number of halogens is 2. The van der Waals surface area contributed by atoms with Crippen molar-refractivity contribution >= 4 is 12.0 Å². The minimum atomic E-state index is -1.62. The van der Waals surface area contributed by atoms with Gasteiger partial charge >= 0.3 is 6.09 Å². The van der Waals surface area contributed by atoms with Crippen LogP contribution in [0.25, 0.3) is 11.1 Å². The van der Waals surface area contributed by atoms with E-state index < -0.39 is 29.2 Å². The summed E-state index contributed by atoms with van der Waals surface area (Å²) < 4.78 is 35.4. The van der Waals surface area contributed by atoms with Crippen LogP contribution < -0.4 is 10.6 Å². The van der Waals surface area contributed by atoms with E-state index in [9.17, 15) is 14.7 Å². The van der Waals surface area contributed by atoms with Crippen LogP contribution in [0.2, 0.25) is 0 Å². The van der Waals surface area contributed by atoms with E-state index in [2.05, 4.69) is 15.4 Å². The Hall–Kier alpha value is -3.82. The summed E-state index contributed by atoms with van der Waals surface area (Å²) in [7, 11) is 3.12. The number of hydrogen-bond donors (Lipinski definition) is 3. The highest BCUT2D eigenvalue weighted by Crippen LogP contribution is 2.45. The Labute approximate surface area is 245 Å². The van der Waals surface area contributed by atoms with Crippen LogP contribution in [0.3, 0.4) is 0 Å². The van der Waals surface area contributed by atoms with Crippen molar-refractivity contribution in [1.82, 2.24) is 15.5 Å². The molecule has 1 heterocycles. The van der Waals surface area contributed by atoms with Crippen LogP contribution in [-0.2, 0) is 16.9 Å². The van der Waals surface area contributed by atoms with Gasteiger partial charge < -0.3 is 25.4 Å². The zero-order chi connectivity index (χ0) is 30.3. The third-order valence-electron chi connectivity index (χ3n) is 8.03. The fourth-order valence-electron chi connectivity index (χ4n) is 5.87.